The number of benzene rings is 1. The molecule has 0 aromatic heterocycles. The Morgan fingerprint density at radius 2 is 2.05 bits per heavy atom. The molecule has 8 heteroatoms. The molecule has 0 aliphatic rings. The normalized spacial score (nSPS) is 11.4. The van der Waals surface area contributed by atoms with Gasteiger partial charge < -0.3 is 4.90 Å². The molecular formula is C11H14BrClN2O3S. The number of hydrogen-bond donors (Lipinski definition) is 1. The molecule has 0 aliphatic carbocycles. The van der Waals surface area contributed by atoms with Crippen molar-refractivity contribution in [2.45, 2.75) is 18.2 Å². The molecule has 0 atom stereocenters. The predicted molar refractivity (Wildman–Crippen MR) is 77.8 cm³/mol. The van der Waals surface area contributed by atoms with Crippen LogP contribution in [0.3, 0.4) is 0 Å². The minimum Gasteiger partial charge on any atom is -0.342 e. The average molecular weight is 370 g/mol. The van der Waals surface area contributed by atoms with Crippen molar-refractivity contribution in [2.24, 2.45) is 5.14 Å². The van der Waals surface area contributed by atoms with Gasteiger partial charge in [0.2, 0.25) is 10.0 Å². The molecule has 0 saturated carbocycles. The highest BCUT2D eigenvalue weighted by Crippen LogP contribution is 2.29. The molecule has 19 heavy (non-hydrogen) atoms. The Kier molecular flexibility index (Phi) is 5.37. The van der Waals surface area contributed by atoms with Gasteiger partial charge in [-0.25, -0.2) is 13.6 Å². The number of carbonyl (C=O) groups excluding carboxylic acids is 1. The van der Waals surface area contributed by atoms with Gasteiger partial charge in [-0.05, 0) is 34.5 Å². The van der Waals surface area contributed by atoms with E-state index in [4.69, 9.17) is 16.7 Å². The summed E-state index contributed by atoms with van der Waals surface area (Å²) in [5.41, 5.74) is 0.116. The molecule has 2 N–H and O–H groups in total. The van der Waals surface area contributed by atoms with Crippen LogP contribution in [-0.2, 0) is 10.0 Å². The third kappa shape index (κ3) is 3.92. The molecule has 1 rings (SSSR count). The van der Waals surface area contributed by atoms with Crippen molar-refractivity contribution in [3.8, 4) is 0 Å². The molecular weight excluding hydrogens is 356 g/mol. The molecule has 0 fully saturated rings. The zero-order valence-corrected chi connectivity index (χ0v) is 13.6. The highest BCUT2D eigenvalue weighted by Gasteiger charge is 2.21. The maximum Gasteiger partial charge on any atom is 0.255 e. The van der Waals surface area contributed by atoms with Gasteiger partial charge in [0.25, 0.3) is 5.91 Å². The molecule has 1 aromatic carbocycles. The van der Waals surface area contributed by atoms with Gasteiger partial charge in [-0.3, -0.25) is 4.79 Å². The Bertz CT molecular complexity index is 604. The summed E-state index contributed by atoms with van der Waals surface area (Å²) in [4.78, 5) is 13.4. The number of nitrogens with two attached hydrogens (primary N) is 1. The SMILES string of the molecule is CCCN(C)C(=O)c1cc(S(N)(=O)=O)c(Br)cc1Cl. The minimum atomic E-state index is -3.92. The van der Waals surface area contributed by atoms with E-state index in [1.54, 1.807) is 7.05 Å². The lowest BCUT2D eigenvalue weighted by atomic mass is 10.2. The van der Waals surface area contributed by atoms with Crippen molar-refractivity contribution in [2.75, 3.05) is 13.6 Å². The van der Waals surface area contributed by atoms with Crippen LogP contribution in [0.25, 0.3) is 0 Å². The first-order chi connectivity index (χ1) is 8.68. The number of carbonyl (C=O) groups is 1. The van der Waals surface area contributed by atoms with Crippen LogP contribution in [0, 0.1) is 0 Å². The first kappa shape index (κ1) is 16.4. The smallest absolute Gasteiger partial charge is 0.255 e. The van der Waals surface area contributed by atoms with E-state index in [0.717, 1.165) is 6.42 Å². The number of nitrogens with zero attached hydrogens (tertiary/aromatic N) is 1. The second-order valence-corrected chi connectivity index (χ2v) is 6.83. The fraction of sp³-hybridized carbons (Fsp3) is 0.364. The number of hydrogen-bond acceptors (Lipinski definition) is 3. The number of rotatable bonds is 4. The Balaban J connectivity index is 3.34. The van der Waals surface area contributed by atoms with Crippen LogP contribution in [0.1, 0.15) is 23.7 Å². The van der Waals surface area contributed by atoms with Crippen LogP contribution in [0.4, 0.5) is 0 Å². The van der Waals surface area contributed by atoms with Crippen LogP contribution in [0.5, 0.6) is 0 Å². The van der Waals surface area contributed by atoms with Gasteiger partial charge in [0, 0.05) is 18.1 Å². The molecule has 0 heterocycles. The molecule has 0 unspecified atom stereocenters. The van der Waals surface area contributed by atoms with E-state index in [1.165, 1.54) is 17.0 Å². The lowest BCUT2D eigenvalue weighted by Crippen LogP contribution is -2.28. The maximum atomic E-state index is 12.1. The monoisotopic (exact) mass is 368 g/mol. The van der Waals surface area contributed by atoms with E-state index < -0.39 is 10.0 Å². The van der Waals surface area contributed by atoms with Crippen LogP contribution in [0.2, 0.25) is 5.02 Å². The predicted octanol–water partition coefficient (Wildman–Crippen LogP) is 2.23. The molecule has 0 saturated heterocycles. The van der Waals surface area contributed by atoms with E-state index in [9.17, 15) is 13.2 Å². The minimum absolute atomic E-state index is 0.116. The van der Waals surface area contributed by atoms with Gasteiger partial charge in [-0.15, -0.1) is 0 Å². The standard InChI is InChI=1S/C11H14BrClN2O3S/c1-3-4-15(2)11(16)7-5-10(19(14,17)18)8(12)6-9(7)13/h5-6H,3-4H2,1-2H3,(H2,14,17,18). The van der Waals surface area contributed by atoms with Gasteiger partial charge in [0.05, 0.1) is 15.5 Å². The lowest BCUT2D eigenvalue weighted by molar-refractivity contribution is 0.0795. The number of amides is 1. The Hall–Kier alpha value is -0.630. The van der Waals surface area contributed by atoms with Gasteiger partial charge in [0.15, 0.2) is 0 Å². The summed E-state index contributed by atoms with van der Waals surface area (Å²) in [6.45, 7) is 2.48. The second kappa shape index (κ2) is 6.21. The van der Waals surface area contributed by atoms with Crippen molar-refractivity contribution < 1.29 is 13.2 Å². The lowest BCUT2D eigenvalue weighted by Gasteiger charge is -2.17. The zero-order chi connectivity index (χ0) is 14.8. The van der Waals surface area contributed by atoms with Crippen molar-refractivity contribution in [1.29, 1.82) is 0 Å². The van der Waals surface area contributed by atoms with Gasteiger partial charge >= 0.3 is 0 Å². The average Bonchev–Trinajstić information content (AvgIpc) is 2.26. The van der Waals surface area contributed by atoms with Crippen LogP contribution < -0.4 is 5.14 Å². The van der Waals surface area contributed by atoms with Crippen LogP contribution >= 0.6 is 27.5 Å². The molecule has 106 valence electrons. The first-order valence-corrected chi connectivity index (χ1v) is 8.17. The van der Waals surface area contributed by atoms with Crippen molar-refractivity contribution in [3.63, 3.8) is 0 Å². The molecule has 5 nitrogen and oxygen atoms in total. The maximum absolute atomic E-state index is 12.1. The highest BCUT2D eigenvalue weighted by molar-refractivity contribution is 9.10. The quantitative estimate of drug-likeness (QED) is 0.883. The largest absolute Gasteiger partial charge is 0.342 e. The summed E-state index contributed by atoms with van der Waals surface area (Å²) < 4.78 is 23.1. The highest BCUT2D eigenvalue weighted by atomic mass is 79.9. The summed E-state index contributed by atoms with van der Waals surface area (Å²) in [6, 6.07) is 2.55. The Morgan fingerprint density at radius 3 is 2.53 bits per heavy atom. The van der Waals surface area contributed by atoms with E-state index in [1.807, 2.05) is 6.92 Å². The fourth-order valence-corrected chi connectivity index (χ4v) is 3.56. The van der Waals surface area contributed by atoms with Gasteiger partial charge in [0.1, 0.15) is 0 Å². The molecule has 0 aliphatic heterocycles. The molecule has 1 aromatic rings. The van der Waals surface area contributed by atoms with Crippen molar-refractivity contribution in [3.05, 3.63) is 27.2 Å². The van der Waals surface area contributed by atoms with Crippen LogP contribution in [0.15, 0.2) is 21.5 Å². The summed E-state index contributed by atoms with van der Waals surface area (Å²) in [5, 5.41) is 5.26. The van der Waals surface area contributed by atoms with E-state index in [-0.39, 0.29) is 25.9 Å². The first-order valence-electron chi connectivity index (χ1n) is 5.45. The van der Waals surface area contributed by atoms with E-state index in [2.05, 4.69) is 15.9 Å². The summed E-state index contributed by atoms with van der Waals surface area (Å²) in [7, 11) is -2.29. The Morgan fingerprint density at radius 1 is 1.47 bits per heavy atom. The molecule has 1 amide bonds. The molecule has 0 spiro atoms. The van der Waals surface area contributed by atoms with Crippen molar-refractivity contribution >= 4 is 43.5 Å². The topological polar surface area (TPSA) is 80.5 Å². The van der Waals surface area contributed by atoms with Gasteiger partial charge in [-0.2, -0.15) is 0 Å². The summed E-state index contributed by atoms with van der Waals surface area (Å²) in [6.07, 6.45) is 0.790. The Labute approximate surface area is 125 Å². The summed E-state index contributed by atoms with van der Waals surface area (Å²) >= 11 is 9.04. The summed E-state index contributed by atoms with van der Waals surface area (Å²) in [5.74, 6) is -0.343. The van der Waals surface area contributed by atoms with Crippen LogP contribution in [-0.4, -0.2) is 32.8 Å². The number of halogens is 2. The van der Waals surface area contributed by atoms with E-state index >= 15 is 0 Å². The van der Waals surface area contributed by atoms with Gasteiger partial charge in [-0.1, -0.05) is 18.5 Å². The molecule has 0 radical (unpaired) electrons. The second-order valence-electron chi connectivity index (χ2n) is 4.03. The number of sulfonamides is 1. The molecule has 0 bridgehead atoms. The van der Waals surface area contributed by atoms with E-state index in [0.29, 0.717) is 6.54 Å². The number of primary sulfonamides is 1. The van der Waals surface area contributed by atoms with Crippen molar-refractivity contribution in [1.82, 2.24) is 4.90 Å². The third-order valence-electron chi connectivity index (χ3n) is 2.46. The third-order valence-corrected chi connectivity index (χ3v) is 4.65. The zero-order valence-electron chi connectivity index (χ0n) is 10.5. The fourth-order valence-electron chi connectivity index (χ4n) is 1.55.